The third kappa shape index (κ3) is 1.78. The highest BCUT2D eigenvalue weighted by Crippen LogP contribution is 2.75. The fourth-order valence-corrected chi connectivity index (χ4v) is 9.44. The molecule has 0 aromatic rings. The van der Waals surface area contributed by atoms with Gasteiger partial charge in [-0.05, 0) is 93.3 Å². The number of carbonyl (C=O) groups is 1. The molecule has 1 aliphatic heterocycles. The summed E-state index contributed by atoms with van der Waals surface area (Å²) in [7, 11) is 0. The van der Waals surface area contributed by atoms with Crippen molar-refractivity contribution < 1.29 is 9.53 Å². The minimum Gasteiger partial charge on any atom is -0.364 e. The lowest BCUT2D eigenvalue weighted by molar-refractivity contribution is -0.155. The van der Waals surface area contributed by atoms with E-state index in [1.54, 1.807) is 0 Å². The molecule has 0 spiro atoms. The van der Waals surface area contributed by atoms with Crippen LogP contribution in [0, 0.1) is 39.9 Å². The predicted octanol–water partition coefficient (Wildman–Crippen LogP) is 4.30. The molecule has 1 heterocycles. The first-order valence-electron chi connectivity index (χ1n) is 11.3. The molecule has 26 heavy (non-hydrogen) atoms. The normalized spacial score (nSPS) is 58.5. The largest absolute Gasteiger partial charge is 0.364 e. The summed E-state index contributed by atoms with van der Waals surface area (Å²) in [4.78, 5) is 13.3. The summed E-state index contributed by atoms with van der Waals surface area (Å²) >= 11 is 0. The Morgan fingerprint density at radius 2 is 1.69 bits per heavy atom. The number of ether oxygens (including phenoxy) is 1. The van der Waals surface area contributed by atoms with Crippen LogP contribution in [0.4, 0.5) is 0 Å². The summed E-state index contributed by atoms with van der Waals surface area (Å²) in [6, 6.07) is 0. The summed E-state index contributed by atoms with van der Waals surface area (Å²) in [5.74, 6) is 3.91. The number of hydrogen-bond donors (Lipinski definition) is 1. The SMILES string of the molecule is CC12COC3(C(=O)NCCC45CC6CC(CC(C6)C4)C5)CC1CCC32C. The van der Waals surface area contributed by atoms with Gasteiger partial charge in [0, 0.05) is 17.4 Å². The fraction of sp³-hybridized carbons (Fsp3) is 0.957. The van der Waals surface area contributed by atoms with Gasteiger partial charge in [-0.15, -0.1) is 0 Å². The van der Waals surface area contributed by atoms with Gasteiger partial charge in [0.2, 0.25) is 0 Å². The number of rotatable bonds is 4. The molecular formula is C23H35NO2. The molecule has 144 valence electrons. The second-order valence-electron chi connectivity index (χ2n) is 11.7. The van der Waals surface area contributed by atoms with E-state index in [2.05, 4.69) is 19.2 Å². The van der Waals surface area contributed by atoms with E-state index in [4.69, 9.17) is 4.74 Å². The van der Waals surface area contributed by atoms with Gasteiger partial charge in [0.05, 0.1) is 6.61 Å². The monoisotopic (exact) mass is 357 g/mol. The van der Waals surface area contributed by atoms with Crippen molar-refractivity contribution >= 4 is 5.91 Å². The Morgan fingerprint density at radius 3 is 2.27 bits per heavy atom. The Hall–Kier alpha value is -0.570. The Bertz CT molecular complexity index is 623. The van der Waals surface area contributed by atoms with Crippen LogP contribution in [0.15, 0.2) is 0 Å². The van der Waals surface area contributed by atoms with Crippen molar-refractivity contribution in [2.45, 2.75) is 83.7 Å². The summed E-state index contributed by atoms with van der Waals surface area (Å²) in [5.41, 5.74) is 0.315. The van der Waals surface area contributed by atoms with Gasteiger partial charge in [-0.2, -0.15) is 0 Å². The fourth-order valence-electron chi connectivity index (χ4n) is 9.44. The zero-order valence-corrected chi connectivity index (χ0v) is 16.6. The summed E-state index contributed by atoms with van der Waals surface area (Å²) in [5, 5.41) is 3.38. The molecule has 7 aliphatic rings. The van der Waals surface area contributed by atoms with Crippen molar-refractivity contribution in [2.24, 2.45) is 39.9 Å². The van der Waals surface area contributed by atoms with Crippen LogP contribution in [0.3, 0.4) is 0 Å². The Kier molecular flexibility index (Phi) is 3.08. The van der Waals surface area contributed by atoms with Crippen LogP contribution >= 0.6 is 0 Å². The molecule has 0 aromatic heterocycles. The van der Waals surface area contributed by atoms with Gasteiger partial charge in [0.15, 0.2) is 5.60 Å². The van der Waals surface area contributed by atoms with Crippen LogP contribution in [-0.4, -0.2) is 24.7 Å². The van der Waals surface area contributed by atoms with Crippen molar-refractivity contribution in [3.8, 4) is 0 Å². The van der Waals surface area contributed by atoms with Gasteiger partial charge in [-0.3, -0.25) is 4.79 Å². The molecule has 6 saturated carbocycles. The number of amides is 1. The molecule has 4 unspecified atom stereocenters. The lowest BCUT2D eigenvalue weighted by Gasteiger charge is -2.57. The highest BCUT2D eigenvalue weighted by molar-refractivity contribution is 5.88. The third-order valence-corrected chi connectivity index (χ3v) is 10.7. The average molecular weight is 358 g/mol. The first-order chi connectivity index (χ1) is 12.4. The van der Waals surface area contributed by atoms with E-state index in [1.165, 1.54) is 51.4 Å². The summed E-state index contributed by atoms with van der Waals surface area (Å²) in [6.07, 6.45) is 13.4. The highest BCUT2D eigenvalue weighted by Gasteiger charge is 2.78. The molecule has 3 nitrogen and oxygen atoms in total. The van der Waals surface area contributed by atoms with E-state index in [0.29, 0.717) is 11.3 Å². The van der Waals surface area contributed by atoms with Crippen LogP contribution in [0.1, 0.15) is 78.1 Å². The predicted molar refractivity (Wildman–Crippen MR) is 100 cm³/mol. The van der Waals surface area contributed by atoms with Gasteiger partial charge in [-0.25, -0.2) is 0 Å². The van der Waals surface area contributed by atoms with Gasteiger partial charge in [-0.1, -0.05) is 13.8 Å². The van der Waals surface area contributed by atoms with E-state index in [-0.39, 0.29) is 16.7 Å². The molecule has 1 saturated heterocycles. The first kappa shape index (κ1) is 16.4. The molecule has 0 aromatic carbocycles. The van der Waals surface area contributed by atoms with E-state index in [1.807, 2.05) is 0 Å². The van der Waals surface area contributed by atoms with Crippen molar-refractivity contribution in [1.82, 2.24) is 5.32 Å². The van der Waals surface area contributed by atoms with E-state index < -0.39 is 5.60 Å². The first-order valence-corrected chi connectivity index (χ1v) is 11.3. The van der Waals surface area contributed by atoms with Crippen molar-refractivity contribution in [3.63, 3.8) is 0 Å². The molecule has 6 aliphatic carbocycles. The van der Waals surface area contributed by atoms with Crippen LogP contribution in [0.2, 0.25) is 0 Å². The van der Waals surface area contributed by atoms with Gasteiger partial charge < -0.3 is 10.1 Å². The molecule has 7 rings (SSSR count). The molecule has 7 fully saturated rings. The van der Waals surface area contributed by atoms with Gasteiger partial charge in [0.25, 0.3) is 5.91 Å². The average Bonchev–Trinajstić information content (AvgIpc) is 3.05. The molecule has 3 heteroatoms. The quantitative estimate of drug-likeness (QED) is 0.814. The van der Waals surface area contributed by atoms with E-state index in [0.717, 1.165) is 43.7 Å². The molecule has 4 atom stereocenters. The summed E-state index contributed by atoms with van der Waals surface area (Å²) in [6.45, 7) is 6.37. The van der Waals surface area contributed by atoms with Crippen LogP contribution in [0.25, 0.3) is 0 Å². The molecule has 1 N–H and O–H groups in total. The molecule has 8 bridgehead atoms. The lowest BCUT2D eigenvalue weighted by Crippen LogP contribution is -2.56. The zero-order chi connectivity index (χ0) is 17.8. The van der Waals surface area contributed by atoms with Crippen LogP contribution in [0.5, 0.6) is 0 Å². The minimum atomic E-state index is -0.522. The maximum atomic E-state index is 13.3. The number of hydrogen-bond acceptors (Lipinski definition) is 2. The van der Waals surface area contributed by atoms with Crippen LogP contribution in [-0.2, 0) is 9.53 Å². The number of nitrogens with one attached hydrogen (secondary N) is 1. The molecule has 1 amide bonds. The Morgan fingerprint density at radius 1 is 1.04 bits per heavy atom. The highest BCUT2D eigenvalue weighted by atomic mass is 16.5. The van der Waals surface area contributed by atoms with Crippen LogP contribution < -0.4 is 5.32 Å². The lowest BCUT2D eigenvalue weighted by atomic mass is 9.49. The zero-order valence-electron chi connectivity index (χ0n) is 16.6. The van der Waals surface area contributed by atoms with Crippen molar-refractivity contribution in [1.29, 1.82) is 0 Å². The van der Waals surface area contributed by atoms with Crippen molar-refractivity contribution in [2.75, 3.05) is 13.2 Å². The van der Waals surface area contributed by atoms with E-state index in [9.17, 15) is 4.79 Å². The Balaban J connectivity index is 1.14. The maximum Gasteiger partial charge on any atom is 0.252 e. The molecule has 0 radical (unpaired) electrons. The topological polar surface area (TPSA) is 38.3 Å². The standard InChI is InChI=1S/C23H35NO2/c1-20-14-26-23(13-18(20)3-4-21(20,23)2)19(25)24-6-5-22-10-15-7-16(11-22)9-17(8-15)12-22/h15-18H,3-14H2,1-2H3,(H,24,25). The minimum absolute atomic E-state index is 0.0510. The Labute approximate surface area is 158 Å². The second-order valence-corrected chi connectivity index (χ2v) is 11.7. The van der Waals surface area contributed by atoms with E-state index >= 15 is 0 Å². The number of carbonyl (C=O) groups excluding carboxylic acids is 1. The molecular weight excluding hydrogens is 322 g/mol. The smallest absolute Gasteiger partial charge is 0.252 e. The van der Waals surface area contributed by atoms with Gasteiger partial charge in [0.1, 0.15) is 0 Å². The second kappa shape index (κ2) is 4.88. The third-order valence-electron chi connectivity index (χ3n) is 10.7. The summed E-state index contributed by atoms with van der Waals surface area (Å²) < 4.78 is 6.28. The van der Waals surface area contributed by atoms with Gasteiger partial charge >= 0.3 is 0 Å². The maximum absolute atomic E-state index is 13.3. The van der Waals surface area contributed by atoms with Crippen molar-refractivity contribution in [3.05, 3.63) is 0 Å².